The number of nitrogens with two attached hydrogens (primary N) is 1. The zero-order valence-electron chi connectivity index (χ0n) is 8.36. The Morgan fingerprint density at radius 3 is 2.93 bits per heavy atom. The van der Waals surface area contributed by atoms with Gasteiger partial charge >= 0.3 is 0 Å². The van der Waals surface area contributed by atoms with Crippen molar-refractivity contribution in [3.63, 3.8) is 0 Å². The van der Waals surface area contributed by atoms with Crippen molar-refractivity contribution < 1.29 is 4.79 Å². The van der Waals surface area contributed by atoms with Crippen LogP contribution in [0.2, 0.25) is 0 Å². The molecule has 4 heteroatoms. The SMILES string of the molecule is CNC(=O)c1ccc(C2=CC(N)C=C2)s1. The maximum absolute atomic E-state index is 11.3. The first-order valence-corrected chi connectivity index (χ1v) is 5.50. The van der Waals surface area contributed by atoms with E-state index >= 15 is 0 Å². The molecule has 0 aromatic carbocycles. The van der Waals surface area contributed by atoms with E-state index in [9.17, 15) is 4.79 Å². The van der Waals surface area contributed by atoms with Crippen LogP contribution < -0.4 is 11.1 Å². The summed E-state index contributed by atoms with van der Waals surface area (Å²) < 4.78 is 0. The van der Waals surface area contributed by atoms with Crippen LogP contribution in [0.25, 0.3) is 5.57 Å². The topological polar surface area (TPSA) is 55.1 Å². The maximum atomic E-state index is 11.3. The molecular weight excluding hydrogens is 208 g/mol. The second-order valence-corrected chi connectivity index (χ2v) is 4.39. The molecule has 1 unspecified atom stereocenters. The zero-order chi connectivity index (χ0) is 10.8. The molecule has 1 aromatic rings. The van der Waals surface area contributed by atoms with Crippen LogP contribution in [0.3, 0.4) is 0 Å². The van der Waals surface area contributed by atoms with E-state index in [-0.39, 0.29) is 11.9 Å². The molecule has 78 valence electrons. The van der Waals surface area contributed by atoms with Crippen molar-refractivity contribution in [1.82, 2.24) is 5.32 Å². The Hall–Kier alpha value is -1.39. The molecule has 0 aliphatic heterocycles. The lowest BCUT2D eigenvalue weighted by molar-refractivity contribution is 0.0967. The van der Waals surface area contributed by atoms with E-state index in [4.69, 9.17) is 5.73 Å². The summed E-state index contributed by atoms with van der Waals surface area (Å²) in [4.78, 5) is 13.1. The van der Waals surface area contributed by atoms with Crippen LogP contribution >= 0.6 is 11.3 Å². The molecule has 0 saturated carbocycles. The van der Waals surface area contributed by atoms with E-state index < -0.39 is 0 Å². The molecule has 1 aliphatic rings. The minimum Gasteiger partial charge on any atom is -0.354 e. The molecule has 3 nitrogen and oxygen atoms in total. The van der Waals surface area contributed by atoms with Gasteiger partial charge in [-0.1, -0.05) is 18.2 Å². The lowest BCUT2D eigenvalue weighted by atomic mass is 10.2. The largest absolute Gasteiger partial charge is 0.354 e. The first kappa shape index (κ1) is 10.1. The third kappa shape index (κ3) is 2.00. The number of carbonyl (C=O) groups excluding carboxylic acids is 1. The molecule has 1 aromatic heterocycles. The second kappa shape index (κ2) is 4.00. The van der Waals surface area contributed by atoms with Crippen molar-refractivity contribution in [3.8, 4) is 0 Å². The van der Waals surface area contributed by atoms with E-state index in [1.807, 2.05) is 30.4 Å². The monoisotopic (exact) mass is 220 g/mol. The lowest BCUT2D eigenvalue weighted by Gasteiger charge is -1.95. The van der Waals surface area contributed by atoms with Gasteiger partial charge in [0.05, 0.1) is 4.88 Å². The van der Waals surface area contributed by atoms with Gasteiger partial charge in [0.1, 0.15) is 0 Å². The van der Waals surface area contributed by atoms with Crippen molar-refractivity contribution in [2.75, 3.05) is 7.05 Å². The number of carbonyl (C=O) groups is 1. The Labute approximate surface area is 92.3 Å². The molecular formula is C11H12N2OS. The molecule has 15 heavy (non-hydrogen) atoms. The second-order valence-electron chi connectivity index (χ2n) is 3.30. The van der Waals surface area contributed by atoms with Crippen molar-refractivity contribution in [2.24, 2.45) is 5.73 Å². The number of rotatable bonds is 2. The normalized spacial score (nSPS) is 19.1. The summed E-state index contributed by atoms with van der Waals surface area (Å²) in [5, 5.41) is 2.60. The molecule has 1 amide bonds. The predicted octanol–water partition coefficient (Wildman–Crippen LogP) is 1.39. The van der Waals surface area contributed by atoms with E-state index in [2.05, 4.69) is 5.32 Å². The van der Waals surface area contributed by atoms with Crippen LogP contribution in [0.5, 0.6) is 0 Å². The zero-order valence-corrected chi connectivity index (χ0v) is 9.17. The van der Waals surface area contributed by atoms with Gasteiger partial charge in [0, 0.05) is 18.0 Å². The first-order chi connectivity index (χ1) is 7.20. The van der Waals surface area contributed by atoms with Gasteiger partial charge in [-0.3, -0.25) is 4.79 Å². The highest BCUT2D eigenvalue weighted by molar-refractivity contribution is 7.15. The van der Waals surface area contributed by atoms with E-state index in [0.29, 0.717) is 0 Å². The fourth-order valence-electron chi connectivity index (χ4n) is 1.44. The molecule has 2 rings (SSSR count). The number of hydrogen-bond acceptors (Lipinski definition) is 3. The fourth-order valence-corrected chi connectivity index (χ4v) is 2.39. The Morgan fingerprint density at radius 1 is 1.53 bits per heavy atom. The van der Waals surface area contributed by atoms with Crippen LogP contribution in [0, 0.1) is 0 Å². The van der Waals surface area contributed by atoms with Gasteiger partial charge in [-0.2, -0.15) is 0 Å². The molecule has 1 atom stereocenters. The number of thiophene rings is 1. The van der Waals surface area contributed by atoms with Gasteiger partial charge in [-0.05, 0) is 17.7 Å². The van der Waals surface area contributed by atoms with Gasteiger partial charge < -0.3 is 11.1 Å². The highest BCUT2D eigenvalue weighted by Gasteiger charge is 2.11. The van der Waals surface area contributed by atoms with E-state index in [1.54, 1.807) is 7.05 Å². The Morgan fingerprint density at radius 2 is 2.33 bits per heavy atom. The molecule has 0 fully saturated rings. The van der Waals surface area contributed by atoms with Crippen LogP contribution in [0.1, 0.15) is 14.5 Å². The Bertz CT molecular complexity index is 445. The first-order valence-electron chi connectivity index (χ1n) is 4.68. The lowest BCUT2D eigenvalue weighted by Crippen LogP contribution is -2.15. The molecule has 3 N–H and O–H groups in total. The van der Waals surface area contributed by atoms with Gasteiger partial charge in [0.2, 0.25) is 0 Å². The molecule has 0 bridgehead atoms. The van der Waals surface area contributed by atoms with Crippen LogP contribution in [0.4, 0.5) is 0 Å². The standard InChI is InChI=1S/C11H12N2OS/c1-13-11(14)10-5-4-9(15-10)7-2-3-8(12)6-7/h2-6,8H,12H2,1H3,(H,13,14). The summed E-state index contributed by atoms with van der Waals surface area (Å²) >= 11 is 1.48. The summed E-state index contributed by atoms with van der Waals surface area (Å²) in [6.45, 7) is 0. The summed E-state index contributed by atoms with van der Waals surface area (Å²) in [7, 11) is 1.63. The maximum Gasteiger partial charge on any atom is 0.261 e. The third-order valence-electron chi connectivity index (χ3n) is 2.21. The quantitative estimate of drug-likeness (QED) is 0.791. The van der Waals surface area contributed by atoms with Crippen molar-refractivity contribution in [1.29, 1.82) is 0 Å². The highest BCUT2D eigenvalue weighted by Crippen LogP contribution is 2.28. The minimum atomic E-state index is -0.0434. The summed E-state index contributed by atoms with van der Waals surface area (Å²) in [6.07, 6.45) is 5.91. The number of nitrogens with one attached hydrogen (secondary N) is 1. The molecule has 0 radical (unpaired) electrons. The van der Waals surface area contributed by atoms with Crippen molar-refractivity contribution >= 4 is 22.8 Å². The smallest absolute Gasteiger partial charge is 0.261 e. The summed E-state index contributed by atoms with van der Waals surface area (Å²) in [5.41, 5.74) is 6.82. The van der Waals surface area contributed by atoms with Gasteiger partial charge in [0.25, 0.3) is 5.91 Å². The average Bonchev–Trinajstić information content (AvgIpc) is 2.84. The Balaban J connectivity index is 2.25. The van der Waals surface area contributed by atoms with Crippen LogP contribution in [-0.4, -0.2) is 19.0 Å². The molecule has 1 aliphatic carbocycles. The number of amides is 1. The van der Waals surface area contributed by atoms with Gasteiger partial charge in [-0.15, -0.1) is 11.3 Å². The van der Waals surface area contributed by atoms with Gasteiger partial charge in [-0.25, -0.2) is 0 Å². The molecule has 1 heterocycles. The van der Waals surface area contributed by atoms with Gasteiger partial charge in [0.15, 0.2) is 0 Å². The van der Waals surface area contributed by atoms with E-state index in [0.717, 1.165) is 15.3 Å². The minimum absolute atomic E-state index is 0.00514. The number of allylic oxidation sites excluding steroid dienone is 2. The van der Waals surface area contributed by atoms with Crippen LogP contribution in [-0.2, 0) is 0 Å². The summed E-state index contributed by atoms with van der Waals surface area (Å²) in [6, 6.07) is 3.78. The average molecular weight is 220 g/mol. The number of hydrogen-bond donors (Lipinski definition) is 2. The van der Waals surface area contributed by atoms with Crippen molar-refractivity contribution in [2.45, 2.75) is 6.04 Å². The fraction of sp³-hybridized carbons (Fsp3) is 0.182. The third-order valence-corrected chi connectivity index (χ3v) is 3.34. The highest BCUT2D eigenvalue weighted by atomic mass is 32.1. The molecule has 0 saturated heterocycles. The van der Waals surface area contributed by atoms with E-state index in [1.165, 1.54) is 11.3 Å². The van der Waals surface area contributed by atoms with Crippen molar-refractivity contribution in [3.05, 3.63) is 40.1 Å². The predicted molar refractivity (Wildman–Crippen MR) is 62.8 cm³/mol. The Kier molecular flexibility index (Phi) is 2.70. The summed E-state index contributed by atoms with van der Waals surface area (Å²) in [5.74, 6) is -0.0434. The van der Waals surface area contributed by atoms with Crippen LogP contribution in [0.15, 0.2) is 30.4 Å². The molecule has 0 spiro atoms.